The Labute approximate surface area is 84.2 Å². The van der Waals surface area contributed by atoms with E-state index in [1.54, 1.807) is 0 Å². The van der Waals surface area contributed by atoms with Crippen molar-refractivity contribution >= 4 is 12.2 Å². The molecule has 0 bridgehead atoms. The van der Waals surface area contributed by atoms with Gasteiger partial charge in [-0.2, -0.15) is 5.10 Å². The molecule has 1 heterocycles. The first kappa shape index (κ1) is 10.4. The van der Waals surface area contributed by atoms with Crippen LogP contribution in [-0.2, 0) is 6.54 Å². The van der Waals surface area contributed by atoms with E-state index in [1.165, 1.54) is 0 Å². The molecule has 0 atom stereocenters. The number of H-pyrrole nitrogens is 1. The Morgan fingerprint density at radius 2 is 2.15 bits per heavy atom. The van der Waals surface area contributed by atoms with Gasteiger partial charge >= 0.3 is 0 Å². The molecule has 0 amide bonds. The topological polar surface area (TPSA) is 33.6 Å². The van der Waals surface area contributed by atoms with Gasteiger partial charge in [0.25, 0.3) is 0 Å². The fourth-order valence-electron chi connectivity index (χ4n) is 1.12. The summed E-state index contributed by atoms with van der Waals surface area (Å²) >= 11 is 5.13. The van der Waals surface area contributed by atoms with E-state index in [4.69, 9.17) is 12.2 Å². The van der Waals surface area contributed by atoms with E-state index in [0.717, 1.165) is 23.6 Å². The smallest absolute Gasteiger partial charge is 0.195 e. The van der Waals surface area contributed by atoms with E-state index < -0.39 is 0 Å². The molecule has 0 aromatic carbocycles. The Morgan fingerprint density at radius 1 is 1.54 bits per heavy atom. The quantitative estimate of drug-likeness (QED) is 0.759. The molecule has 0 saturated carbocycles. The largest absolute Gasteiger partial charge is 0.304 e. The van der Waals surface area contributed by atoms with Crippen LogP contribution in [0.1, 0.15) is 33.0 Å². The van der Waals surface area contributed by atoms with Gasteiger partial charge in [-0.1, -0.05) is 20.8 Å². The first-order valence-electron chi connectivity index (χ1n) is 4.58. The van der Waals surface area contributed by atoms with E-state index >= 15 is 0 Å². The van der Waals surface area contributed by atoms with Gasteiger partial charge in [0.2, 0.25) is 0 Å². The number of aromatic nitrogens is 3. The molecule has 0 saturated heterocycles. The monoisotopic (exact) mass is 199 g/mol. The third-order valence-corrected chi connectivity index (χ3v) is 2.80. The van der Waals surface area contributed by atoms with E-state index in [2.05, 4.69) is 35.5 Å². The molecule has 0 unspecified atom stereocenters. The summed E-state index contributed by atoms with van der Waals surface area (Å²) in [5.41, 5.74) is 0.285. The van der Waals surface area contributed by atoms with Gasteiger partial charge in [0, 0.05) is 6.54 Å². The van der Waals surface area contributed by atoms with Gasteiger partial charge in [-0.05, 0) is 31.0 Å². The number of aromatic amines is 1. The molecule has 1 N–H and O–H groups in total. The molecule has 0 radical (unpaired) electrons. The Kier molecular flexibility index (Phi) is 2.91. The molecule has 1 aromatic rings. The molecule has 1 aromatic heterocycles. The predicted octanol–water partition coefficient (Wildman–Crippen LogP) is 2.69. The zero-order valence-corrected chi connectivity index (χ0v) is 9.53. The van der Waals surface area contributed by atoms with Crippen molar-refractivity contribution in [3.63, 3.8) is 0 Å². The van der Waals surface area contributed by atoms with Gasteiger partial charge in [0.15, 0.2) is 4.77 Å². The molecule has 0 spiro atoms. The Morgan fingerprint density at radius 3 is 2.54 bits per heavy atom. The van der Waals surface area contributed by atoms with Crippen LogP contribution in [0.25, 0.3) is 0 Å². The summed E-state index contributed by atoms with van der Waals surface area (Å²) in [6.07, 6.45) is 1.14. The van der Waals surface area contributed by atoms with Crippen LogP contribution >= 0.6 is 12.2 Å². The fraction of sp³-hybridized carbons (Fsp3) is 0.778. The van der Waals surface area contributed by atoms with Crippen LogP contribution in [0, 0.1) is 17.1 Å². The first-order valence-corrected chi connectivity index (χ1v) is 4.99. The lowest BCUT2D eigenvalue weighted by atomic mass is 9.90. The summed E-state index contributed by atoms with van der Waals surface area (Å²) in [6, 6.07) is 0. The van der Waals surface area contributed by atoms with Crippen molar-refractivity contribution in [2.45, 2.75) is 40.7 Å². The second-order valence-electron chi connectivity index (χ2n) is 4.18. The van der Waals surface area contributed by atoms with Crippen molar-refractivity contribution in [1.29, 1.82) is 0 Å². The van der Waals surface area contributed by atoms with Crippen molar-refractivity contribution < 1.29 is 0 Å². The second kappa shape index (κ2) is 3.62. The highest BCUT2D eigenvalue weighted by Gasteiger charge is 2.17. The lowest BCUT2D eigenvalue weighted by Crippen LogP contribution is -2.19. The zero-order chi connectivity index (χ0) is 10.1. The van der Waals surface area contributed by atoms with E-state index in [1.807, 2.05) is 6.92 Å². The highest BCUT2D eigenvalue weighted by atomic mass is 32.1. The Hall–Kier alpha value is -0.640. The molecule has 0 aliphatic carbocycles. The number of rotatable bonds is 3. The third kappa shape index (κ3) is 2.40. The first-order chi connectivity index (χ1) is 5.96. The summed E-state index contributed by atoms with van der Waals surface area (Å²) in [6.45, 7) is 9.57. The van der Waals surface area contributed by atoms with Crippen LogP contribution in [0.2, 0.25) is 0 Å². The van der Waals surface area contributed by atoms with E-state index in [0.29, 0.717) is 0 Å². The lowest BCUT2D eigenvalue weighted by Gasteiger charge is -2.23. The molecular weight excluding hydrogens is 182 g/mol. The molecular formula is C9H17N3S. The fourth-order valence-corrected chi connectivity index (χ4v) is 1.36. The minimum atomic E-state index is 0.285. The summed E-state index contributed by atoms with van der Waals surface area (Å²) < 4.78 is 2.78. The van der Waals surface area contributed by atoms with Crippen molar-refractivity contribution in [1.82, 2.24) is 14.8 Å². The molecule has 0 fully saturated rings. The number of nitrogens with one attached hydrogen (secondary N) is 1. The summed E-state index contributed by atoms with van der Waals surface area (Å²) in [5, 5.41) is 6.88. The van der Waals surface area contributed by atoms with E-state index in [9.17, 15) is 0 Å². The maximum absolute atomic E-state index is 5.13. The molecule has 0 aliphatic heterocycles. The lowest BCUT2D eigenvalue weighted by molar-refractivity contribution is 0.290. The normalized spacial score (nSPS) is 12.0. The van der Waals surface area contributed by atoms with Gasteiger partial charge in [-0.3, -0.25) is 5.10 Å². The van der Waals surface area contributed by atoms with Crippen LogP contribution in [0.5, 0.6) is 0 Å². The van der Waals surface area contributed by atoms with E-state index in [-0.39, 0.29) is 5.41 Å². The zero-order valence-electron chi connectivity index (χ0n) is 8.72. The Balaban J connectivity index is 2.92. The van der Waals surface area contributed by atoms with Crippen LogP contribution < -0.4 is 0 Å². The van der Waals surface area contributed by atoms with Gasteiger partial charge in [0.05, 0.1) is 0 Å². The number of nitrogens with zero attached hydrogens (tertiary/aromatic N) is 2. The molecule has 3 nitrogen and oxygen atoms in total. The molecule has 13 heavy (non-hydrogen) atoms. The second-order valence-corrected chi connectivity index (χ2v) is 4.57. The van der Waals surface area contributed by atoms with Gasteiger partial charge in [0.1, 0.15) is 5.82 Å². The minimum Gasteiger partial charge on any atom is -0.304 e. The maximum Gasteiger partial charge on any atom is 0.195 e. The van der Waals surface area contributed by atoms with Crippen LogP contribution in [0.15, 0.2) is 0 Å². The summed E-state index contributed by atoms with van der Waals surface area (Å²) in [7, 11) is 0. The average molecular weight is 199 g/mol. The van der Waals surface area contributed by atoms with Crippen LogP contribution in [0.4, 0.5) is 0 Å². The maximum atomic E-state index is 5.13. The van der Waals surface area contributed by atoms with Crippen LogP contribution in [-0.4, -0.2) is 14.8 Å². The third-order valence-electron chi connectivity index (χ3n) is 2.49. The van der Waals surface area contributed by atoms with Gasteiger partial charge < -0.3 is 4.57 Å². The summed E-state index contributed by atoms with van der Waals surface area (Å²) in [5.74, 6) is 0.964. The van der Waals surface area contributed by atoms with Gasteiger partial charge in [-0.25, -0.2) is 0 Å². The SMILES string of the molecule is CCC(C)(C)Cn1c(C)n[nH]c1=S. The number of hydrogen-bond donors (Lipinski definition) is 1. The molecule has 1 rings (SSSR count). The molecule has 0 aliphatic rings. The predicted molar refractivity (Wildman–Crippen MR) is 56.2 cm³/mol. The molecule has 4 heteroatoms. The number of hydrogen-bond acceptors (Lipinski definition) is 2. The van der Waals surface area contributed by atoms with Crippen molar-refractivity contribution in [3.8, 4) is 0 Å². The summed E-state index contributed by atoms with van der Waals surface area (Å²) in [4.78, 5) is 0. The van der Waals surface area contributed by atoms with Crippen LogP contribution in [0.3, 0.4) is 0 Å². The van der Waals surface area contributed by atoms with Crippen molar-refractivity contribution in [2.75, 3.05) is 0 Å². The number of aryl methyl sites for hydroxylation is 1. The highest BCUT2D eigenvalue weighted by Crippen LogP contribution is 2.22. The average Bonchev–Trinajstić information content (AvgIpc) is 2.36. The standard InChI is InChI=1S/C9H17N3S/c1-5-9(3,4)6-12-7(2)10-11-8(12)13/h5-6H2,1-4H3,(H,11,13). The van der Waals surface area contributed by atoms with Crippen molar-refractivity contribution in [3.05, 3.63) is 10.6 Å². The molecule has 74 valence electrons. The van der Waals surface area contributed by atoms with Crippen molar-refractivity contribution in [2.24, 2.45) is 5.41 Å². The minimum absolute atomic E-state index is 0.285. The highest BCUT2D eigenvalue weighted by molar-refractivity contribution is 7.71. The Bertz CT molecular complexity index is 335. The van der Waals surface area contributed by atoms with Gasteiger partial charge in [-0.15, -0.1) is 0 Å².